The van der Waals surface area contributed by atoms with Crippen LogP contribution in [0.25, 0.3) is 6.08 Å². The fourth-order valence-electron chi connectivity index (χ4n) is 3.33. The quantitative estimate of drug-likeness (QED) is 0.242. The van der Waals surface area contributed by atoms with Gasteiger partial charge in [-0.2, -0.15) is 0 Å². The highest BCUT2D eigenvalue weighted by atomic mass is 35.5. The van der Waals surface area contributed by atoms with Crippen LogP contribution >= 0.6 is 47.2 Å². The number of ether oxygens (including phenoxy) is 2. The summed E-state index contributed by atoms with van der Waals surface area (Å²) >= 11 is 18.7. The van der Waals surface area contributed by atoms with Crippen molar-refractivity contribution < 1.29 is 19.1 Å². The number of nitrogens with one attached hydrogen (secondary N) is 1. The molecular formula is C26H20Cl2N2O4S2. The van der Waals surface area contributed by atoms with Gasteiger partial charge in [0.05, 0.1) is 27.9 Å². The van der Waals surface area contributed by atoms with E-state index in [4.69, 9.17) is 44.9 Å². The maximum atomic E-state index is 13.0. The van der Waals surface area contributed by atoms with Crippen molar-refractivity contribution in [3.63, 3.8) is 0 Å². The van der Waals surface area contributed by atoms with E-state index in [9.17, 15) is 9.59 Å². The lowest BCUT2D eigenvalue weighted by atomic mass is 10.1. The lowest BCUT2D eigenvalue weighted by Crippen LogP contribution is -2.27. The number of para-hydroxylation sites is 1. The Morgan fingerprint density at radius 3 is 2.53 bits per heavy atom. The standard InChI is InChI=1S/C26H20Cl2N2O4S2/c1-2-33-22-13-16(7-12-21(22)34-15-24(31)29-20-6-4-3-5-19(20)28)14-23-25(32)30(26(35)36-23)18-10-8-17(27)9-11-18/h3-14H,2,15H2,1H3,(H,29,31)/b23-14-. The first-order valence-electron chi connectivity index (χ1n) is 10.8. The molecule has 1 aliphatic heterocycles. The average Bonchev–Trinajstić information content (AvgIpc) is 3.13. The summed E-state index contributed by atoms with van der Waals surface area (Å²) in [6.07, 6.45) is 1.74. The van der Waals surface area contributed by atoms with Crippen LogP contribution in [0.15, 0.2) is 71.6 Å². The van der Waals surface area contributed by atoms with Gasteiger partial charge in [0.25, 0.3) is 11.8 Å². The molecule has 0 bridgehead atoms. The monoisotopic (exact) mass is 558 g/mol. The number of carbonyl (C=O) groups excluding carboxylic acids is 2. The first-order valence-corrected chi connectivity index (χ1v) is 12.8. The van der Waals surface area contributed by atoms with E-state index in [1.165, 1.54) is 16.7 Å². The molecule has 10 heteroatoms. The van der Waals surface area contributed by atoms with Crippen molar-refractivity contribution in [1.82, 2.24) is 0 Å². The smallest absolute Gasteiger partial charge is 0.270 e. The zero-order chi connectivity index (χ0) is 25.7. The number of hydrogen-bond acceptors (Lipinski definition) is 6. The summed E-state index contributed by atoms with van der Waals surface area (Å²) < 4.78 is 11.8. The minimum absolute atomic E-state index is 0.221. The van der Waals surface area contributed by atoms with Gasteiger partial charge in [-0.3, -0.25) is 14.5 Å². The average molecular weight is 559 g/mol. The molecule has 0 atom stereocenters. The second-order valence-corrected chi connectivity index (χ2v) is 9.97. The molecule has 1 aliphatic rings. The van der Waals surface area contributed by atoms with Gasteiger partial charge in [0.15, 0.2) is 22.4 Å². The van der Waals surface area contributed by atoms with Gasteiger partial charge in [-0.1, -0.05) is 65.4 Å². The Morgan fingerprint density at radius 1 is 1.06 bits per heavy atom. The minimum Gasteiger partial charge on any atom is -0.490 e. The zero-order valence-electron chi connectivity index (χ0n) is 19.0. The number of rotatable bonds is 8. The summed E-state index contributed by atoms with van der Waals surface area (Å²) in [6.45, 7) is 2.01. The fraction of sp³-hybridized carbons (Fsp3) is 0.115. The lowest BCUT2D eigenvalue weighted by molar-refractivity contribution is -0.118. The molecule has 3 aromatic carbocycles. The number of hydrogen-bond donors (Lipinski definition) is 1. The number of benzene rings is 3. The largest absolute Gasteiger partial charge is 0.490 e. The molecule has 36 heavy (non-hydrogen) atoms. The van der Waals surface area contributed by atoms with E-state index in [1.54, 1.807) is 72.8 Å². The van der Waals surface area contributed by atoms with E-state index in [0.717, 1.165) is 5.56 Å². The molecule has 0 spiro atoms. The molecule has 1 heterocycles. The van der Waals surface area contributed by atoms with E-state index < -0.39 is 0 Å². The number of anilines is 2. The Balaban J connectivity index is 1.48. The second kappa shape index (κ2) is 11.8. The third-order valence-corrected chi connectivity index (χ3v) is 6.83. The van der Waals surface area contributed by atoms with Crippen LogP contribution < -0.4 is 19.7 Å². The van der Waals surface area contributed by atoms with Gasteiger partial charge >= 0.3 is 0 Å². The van der Waals surface area contributed by atoms with Crippen molar-refractivity contribution in [3.8, 4) is 11.5 Å². The Morgan fingerprint density at radius 2 is 1.81 bits per heavy atom. The van der Waals surface area contributed by atoms with Gasteiger partial charge in [-0.25, -0.2) is 0 Å². The number of thioether (sulfide) groups is 1. The first kappa shape index (κ1) is 26.0. The maximum Gasteiger partial charge on any atom is 0.270 e. The number of halogens is 2. The van der Waals surface area contributed by atoms with Gasteiger partial charge in [-0.05, 0) is 67.1 Å². The van der Waals surface area contributed by atoms with Gasteiger partial charge in [-0.15, -0.1) is 0 Å². The summed E-state index contributed by atoms with van der Waals surface area (Å²) in [6, 6.07) is 19.1. The van der Waals surface area contributed by atoms with Gasteiger partial charge < -0.3 is 14.8 Å². The summed E-state index contributed by atoms with van der Waals surface area (Å²) in [5.41, 5.74) is 1.88. The summed E-state index contributed by atoms with van der Waals surface area (Å²) in [7, 11) is 0. The fourth-order valence-corrected chi connectivity index (χ4v) is 4.93. The van der Waals surface area contributed by atoms with Crippen molar-refractivity contribution in [2.24, 2.45) is 0 Å². The van der Waals surface area contributed by atoms with E-state index in [0.29, 0.717) is 48.8 Å². The van der Waals surface area contributed by atoms with Gasteiger partial charge in [0, 0.05) is 5.02 Å². The SMILES string of the molecule is CCOc1cc(/C=C2\SC(=S)N(c3ccc(Cl)cc3)C2=O)ccc1OCC(=O)Nc1ccccc1Cl. The predicted molar refractivity (Wildman–Crippen MR) is 150 cm³/mol. The molecule has 1 N–H and O–H groups in total. The van der Waals surface area contributed by atoms with Crippen LogP contribution in [0.5, 0.6) is 11.5 Å². The van der Waals surface area contributed by atoms with Crippen LogP contribution in [-0.2, 0) is 9.59 Å². The molecule has 3 aromatic rings. The molecule has 0 aliphatic carbocycles. The minimum atomic E-state index is -0.361. The van der Waals surface area contributed by atoms with E-state index in [2.05, 4.69) is 5.32 Å². The van der Waals surface area contributed by atoms with Crippen LogP contribution in [0.2, 0.25) is 10.0 Å². The maximum absolute atomic E-state index is 13.0. The highest BCUT2D eigenvalue weighted by Crippen LogP contribution is 2.37. The van der Waals surface area contributed by atoms with E-state index in [1.807, 2.05) is 6.92 Å². The Kier molecular flexibility index (Phi) is 8.53. The highest BCUT2D eigenvalue weighted by Gasteiger charge is 2.33. The van der Waals surface area contributed by atoms with Crippen molar-refractivity contribution in [2.75, 3.05) is 23.4 Å². The van der Waals surface area contributed by atoms with Gasteiger partial charge in [0.1, 0.15) is 0 Å². The van der Waals surface area contributed by atoms with Crippen LogP contribution in [0.1, 0.15) is 12.5 Å². The van der Waals surface area contributed by atoms with Crippen molar-refractivity contribution in [1.29, 1.82) is 0 Å². The zero-order valence-corrected chi connectivity index (χ0v) is 22.1. The molecule has 0 aromatic heterocycles. The predicted octanol–water partition coefficient (Wildman–Crippen LogP) is 6.82. The normalized spacial score (nSPS) is 14.3. The molecule has 184 valence electrons. The Hall–Kier alpha value is -3.04. The van der Waals surface area contributed by atoms with Crippen molar-refractivity contribution in [3.05, 3.63) is 87.2 Å². The van der Waals surface area contributed by atoms with Crippen LogP contribution in [0.4, 0.5) is 11.4 Å². The van der Waals surface area contributed by atoms with Crippen LogP contribution in [0, 0.1) is 0 Å². The molecule has 1 fully saturated rings. The second-order valence-electron chi connectivity index (χ2n) is 7.45. The molecule has 4 rings (SSSR count). The molecule has 2 amide bonds. The summed E-state index contributed by atoms with van der Waals surface area (Å²) in [4.78, 5) is 27.3. The molecule has 1 saturated heterocycles. The van der Waals surface area contributed by atoms with E-state index >= 15 is 0 Å². The van der Waals surface area contributed by atoms with Crippen molar-refractivity contribution >= 4 is 80.8 Å². The number of carbonyl (C=O) groups is 2. The Bertz CT molecular complexity index is 1350. The lowest BCUT2D eigenvalue weighted by Gasteiger charge is -2.14. The summed E-state index contributed by atoms with van der Waals surface area (Å²) in [5.74, 6) is 0.268. The van der Waals surface area contributed by atoms with Gasteiger partial charge in [0.2, 0.25) is 0 Å². The molecule has 0 unspecified atom stereocenters. The number of amides is 2. The number of nitrogens with zero attached hydrogens (tertiary/aromatic N) is 1. The third kappa shape index (κ3) is 6.20. The van der Waals surface area contributed by atoms with E-state index in [-0.39, 0.29) is 18.4 Å². The Labute approximate surface area is 228 Å². The molecule has 0 radical (unpaired) electrons. The number of thiocarbonyl (C=S) groups is 1. The molecule has 0 saturated carbocycles. The first-order chi connectivity index (χ1) is 17.4. The van der Waals surface area contributed by atoms with Crippen LogP contribution in [0.3, 0.4) is 0 Å². The molecular weight excluding hydrogens is 539 g/mol. The van der Waals surface area contributed by atoms with Crippen LogP contribution in [-0.4, -0.2) is 29.3 Å². The van der Waals surface area contributed by atoms with Crippen molar-refractivity contribution in [2.45, 2.75) is 6.92 Å². The molecule has 6 nitrogen and oxygen atoms in total. The highest BCUT2D eigenvalue weighted by molar-refractivity contribution is 8.27. The summed E-state index contributed by atoms with van der Waals surface area (Å²) in [5, 5.41) is 3.72. The topological polar surface area (TPSA) is 67.9 Å². The third-order valence-electron chi connectivity index (χ3n) is 4.95.